The van der Waals surface area contributed by atoms with E-state index in [2.05, 4.69) is 6.92 Å². The number of hydrogen-bond acceptors (Lipinski definition) is 3. The lowest BCUT2D eigenvalue weighted by Gasteiger charge is -2.40. The Bertz CT molecular complexity index is 643. The van der Waals surface area contributed by atoms with E-state index < -0.39 is 23.8 Å². The van der Waals surface area contributed by atoms with Crippen LogP contribution in [0, 0.1) is 23.5 Å². The van der Waals surface area contributed by atoms with Crippen molar-refractivity contribution in [1.82, 2.24) is 0 Å². The van der Waals surface area contributed by atoms with Crippen molar-refractivity contribution in [2.24, 2.45) is 11.8 Å². The Kier molecular flexibility index (Phi) is 8.31. The van der Waals surface area contributed by atoms with E-state index in [1.54, 1.807) is 6.92 Å². The molecule has 164 valence electrons. The second kappa shape index (κ2) is 10.7. The second-order valence-electron chi connectivity index (χ2n) is 8.74. The summed E-state index contributed by atoms with van der Waals surface area (Å²) in [6.07, 6.45) is 10.3. The van der Waals surface area contributed by atoms with Crippen LogP contribution in [0.3, 0.4) is 0 Å². The maximum atomic E-state index is 14.5. The lowest BCUT2D eigenvalue weighted by molar-refractivity contribution is -0.192. The number of hydrogen-bond donors (Lipinski definition) is 1. The highest BCUT2D eigenvalue weighted by atomic mass is 19.2. The van der Waals surface area contributed by atoms with Crippen LogP contribution in [0.1, 0.15) is 89.5 Å². The highest BCUT2D eigenvalue weighted by Gasteiger charge is 2.38. The Morgan fingerprint density at radius 1 is 1.00 bits per heavy atom. The van der Waals surface area contributed by atoms with Crippen LogP contribution in [0.2, 0.25) is 0 Å². The first-order valence-electron chi connectivity index (χ1n) is 11.5. The summed E-state index contributed by atoms with van der Waals surface area (Å²) in [6, 6.07) is 2.96. The van der Waals surface area contributed by atoms with Gasteiger partial charge < -0.3 is 14.6 Å². The molecule has 0 spiro atoms. The molecule has 29 heavy (non-hydrogen) atoms. The van der Waals surface area contributed by atoms with Crippen molar-refractivity contribution in [3.63, 3.8) is 0 Å². The van der Waals surface area contributed by atoms with Crippen molar-refractivity contribution >= 4 is 0 Å². The topological polar surface area (TPSA) is 38.7 Å². The molecule has 1 saturated heterocycles. The molecule has 1 aliphatic carbocycles. The quantitative estimate of drug-likeness (QED) is 0.509. The zero-order valence-corrected chi connectivity index (χ0v) is 17.8. The third-order valence-electron chi connectivity index (χ3n) is 6.83. The number of unbranched alkanes of at least 4 members (excludes halogenated alkanes) is 2. The molecule has 0 bridgehead atoms. The van der Waals surface area contributed by atoms with E-state index in [0.717, 1.165) is 25.2 Å². The summed E-state index contributed by atoms with van der Waals surface area (Å²) < 4.78 is 39.8. The fraction of sp³-hybridized carbons (Fsp3) is 0.750. The molecule has 1 aromatic carbocycles. The van der Waals surface area contributed by atoms with Crippen molar-refractivity contribution in [3.05, 3.63) is 29.3 Å². The molecule has 3 rings (SSSR count). The van der Waals surface area contributed by atoms with Crippen LogP contribution in [0.15, 0.2) is 12.1 Å². The van der Waals surface area contributed by atoms with Gasteiger partial charge in [0.15, 0.2) is 17.9 Å². The molecule has 5 heteroatoms. The van der Waals surface area contributed by atoms with Gasteiger partial charge in [0.2, 0.25) is 5.82 Å². The molecule has 1 N–H and O–H groups in total. The van der Waals surface area contributed by atoms with E-state index in [1.165, 1.54) is 50.7 Å². The molecule has 3 nitrogen and oxygen atoms in total. The third kappa shape index (κ3) is 5.49. The van der Waals surface area contributed by atoms with E-state index in [-0.39, 0.29) is 24.0 Å². The number of aliphatic hydroxyl groups excluding tert-OH is 1. The number of ether oxygens (including phenoxy) is 2. The molecule has 1 aromatic rings. The van der Waals surface area contributed by atoms with Gasteiger partial charge >= 0.3 is 0 Å². The number of halogens is 2. The SMILES string of the molecule is CCCCCC1CCC(C2CCC(c3ccc(OCC)c(F)c3F)C(O)O2)CC1. The molecule has 2 fully saturated rings. The minimum Gasteiger partial charge on any atom is -0.491 e. The van der Waals surface area contributed by atoms with Crippen molar-refractivity contribution in [2.75, 3.05) is 6.61 Å². The fourth-order valence-corrected chi connectivity index (χ4v) is 5.12. The average Bonchev–Trinajstić information content (AvgIpc) is 2.73. The van der Waals surface area contributed by atoms with Crippen LogP contribution in [-0.2, 0) is 4.74 Å². The number of rotatable bonds is 8. The summed E-state index contributed by atoms with van der Waals surface area (Å²) in [4.78, 5) is 0. The Morgan fingerprint density at radius 3 is 2.41 bits per heavy atom. The van der Waals surface area contributed by atoms with Crippen molar-refractivity contribution < 1.29 is 23.4 Å². The Labute approximate surface area is 173 Å². The first-order valence-corrected chi connectivity index (χ1v) is 11.5. The standard InChI is InChI=1S/C24H36F2O3/c1-3-5-6-7-16-8-10-17(11-9-16)20-14-13-19(24(27)29-20)18-12-15-21(28-4-2)23(26)22(18)25/h12,15-17,19-20,24,27H,3-11,13-14H2,1-2H3. The lowest BCUT2D eigenvalue weighted by Crippen LogP contribution is -2.39. The van der Waals surface area contributed by atoms with E-state index in [1.807, 2.05) is 0 Å². The number of benzene rings is 1. The predicted molar refractivity (Wildman–Crippen MR) is 110 cm³/mol. The van der Waals surface area contributed by atoms with E-state index in [0.29, 0.717) is 12.3 Å². The summed E-state index contributed by atoms with van der Waals surface area (Å²) >= 11 is 0. The van der Waals surface area contributed by atoms with Crippen LogP contribution in [-0.4, -0.2) is 24.1 Å². The molecule has 2 aliphatic rings. The lowest BCUT2D eigenvalue weighted by atomic mass is 9.75. The fourth-order valence-electron chi connectivity index (χ4n) is 5.12. The van der Waals surface area contributed by atoms with Crippen molar-refractivity contribution in [2.45, 2.75) is 96.4 Å². The maximum absolute atomic E-state index is 14.5. The summed E-state index contributed by atoms with van der Waals surface area (Å²) in [5.41, 5.74) is 0.177. The van der Waals surface area contributed by atoms with Gasteiger partial charge in [0.05, 0.1) is 12.7 Å². The maximum Gasteiger partial charge on any atom is 0.200 e. The smallest absolute Gasteiger partial charge is 0.200 e. The first kappa shape index (κ1) is 22.5. The van der Waals surface area contributed by atoms with E-state index >= 15 is 0 Å². The van der Waals surface area contributed by atoms with Crippen LogP contribution in [0.25, 0.3) is 0 Å². The van der Waals surface area contributed by atoms with Crippen molar-refractivity contribution in [1.29, 1.82) is 0 Å². The summed E-state index contributed by atoms with van der Waals surface area (Å²) in [7, 11) is 0. The number of aliphatic hydroxyl groups is 1. The highest BCUT2D eigenvalue weighted by Crippen LogP contribution is 2.42. The summed E-state index contributed by atoms with van der Waals surface area (Å²) in [5, 5.41) is 10.6. The van der Waals surface area contributed by atoms with E-state index in [9.17, 15) is 13.9 Å². The second-order valence-corrected chi connectivity index (χ2v) is 8.74. The molecule has 3 unspecified atom stereocenters. The Morgan fingerprint density at radius 2 is 1.76 bits per heavy atom. The van der Waals surface area contributed by atoms with Crippen LogP contribution < -0.4 is 4.74 Å². The van der Waals surface area contributed by atoms with Gasteiger partial charge in [-0.1, -0.05) is 51.5 Å². The van der Waals surface area contributed by atoms with Crippen LogP contribution >= 0.6 is 0 Å². The largest absolute Gasteiger partial charge is 0.491 e. The van der Waals surface area contributed by atoms with Gasteiger partial charge in [0, 0.05) is 5.92 Å². The van der Waals surface area contributed by atoms with Gasteiger partial charge in [-0.2, -0.15) is 4.39 Å². The van der Waals surface area contributed by atoms with Gasteiger partial charge in [-0.25, -0.2) is 4.39 Å². The molecule has 0 radical (unpaired) electrons. The van der Waals surface area contributed by atoms with Gasteiger partial charge in [-0.15, -0.1) is 0 Å². The highest BCUT2D eigenvalue weighted by molar-refractivity contribution is 5.33. The minimum absolute atomic E-state index is 0.0217. The zero-order chi connectivity index (χ0) is 20.8. The molecule has 1 saturated carbocycles. The van der Waals surface area contributed by atoms with Crippen molar-refractivity contribution in [3.8, 4) is 5.75 Å². The third-order valence-corrected chi connectivity index (χ3v) is 6.83. The van der Waals surface area contributed by atoms with Crippen LogP contribution in [0.5, 0.6) is 5.75 Å². The molecule has 3 atom stereocenters. The van der Waals surface area contributed by atoms with Gasteiger partial charge in [-0.3, -0.25) is 0 Å². The average molecular weight is 411 g/mol. The Balaban J connectivity index is 1.54. The predicted octanol–water partition coefficient (Wildman–Crippen LogP) is 6.33. The molecule has 1 heterocycles. The molecule has 0 amide bonds. The Hall–Kier alpha value is -1.20. The molecule has 0 aromatic heterocycles. The zero-order valence-electron chi connectivity index (χ0n) is 17.8. The van der Waals surface area contributed by atoms with Gasteiger partial charge in [0.25, 0.3) is 0 Å². The summed E-state index contributed by atoms with van der Waals surface area (Å²) in [5.74, 6) is -1.25. The normalized spacial score (nSPS) is 30.3. The molecule has 1 aliphatic heterocycles. The van der Waals surface area contributed by atoms with Crippen LogP contribution in [0.4, 0.5) is 8.78 Å². The molecular formula is C24H36F2O3. The van der Waals surface area contributed by atoms with Gasteiger partial charge in [-0.05, 0) is 56.1 Å². The minimum atomic E-state index is -1.09. The monoisotopic (exact) mass is 410 g/mol. The summed E-state index contributed by atoms with van der Waals surface area (Å²) in [6.45, 7) is 4.24. The van der Waals surface area contributed by atoms with Gasteiger partial charge in [0.1, 0.15) is 0 Å². The molecular weight excluding hydrogens is 374 g/mol. The van der Waals surface area contributed by atoms with E-state index in [4.69, 9.17) is 9.47 Å². The first-order chi connectivity index (χ1) is 14.0.